The number of rotatable bonds is 2. The van der Waals surface area contributed by atoms with Crippen LogP contribution in [0.3, 0.4) is 0 Å². The summed E-state index contributed by atoms with van der Waals surface area (Å²) in [7, 11) is 0. The summed E-state index contributed by atoms with van der Waals surface area (Å²) in [5.41, 5.74) is 0.805. The molecular formula is C14H12N2O4. The van der Waals surface area contributed by atoms with Gasteiger partial charge in [-0.3, -0.25) is 29.4 Å². The predicted octanol–water partition coefficient (Wildman–Crippen LogP) is -0.166. The number of nitrogens with one attached hydrogen (secondary N) is 1. The third-order valence-electron chi connectivity index (χ3n) is 3.65. The summed E-state index contributed by atoms with van der Waals surface area (Å²) in [5.74, 6) is -4.02. The highest BCUT2D eigenvalue weighted by Crippen LogP contribution is 2.32. The van der Waals surface area contributed by atoms with E-state index < -0.39 is 35.5 Å². The number of likely N-dealkylation sites (tertiary alicyclic amines) is 1. The molecular weight excluding hydrogens is 260 g/mol. The van der Waals surface area contributed by atoms with Crippen molar-refractivity contribution in [2.24, 2.45) is 11.8 Å². The van der Waals surface area contributed by atoms with Crippen molar-refractivity contribution in [1.29, 1.82) is 0 Å². The molecule has 1 aromatic carbocycles. The fraction of sp³-hybridized carbons (Fsp3) is 0.286. The van der Waals surface area contributed by atoms with Gasteiger partial charge in [0.1, 0.15) is 5.92 Å². The van der Waals surface area contributed by atoms with E-state index in [0.717, 1.165) is 10.5 Å². The molecule has 2 atom stereocenters. The van der Waals surface area contributed by atoms with Crippen molar-refractivity contribution >= 4 is 23.6 Å². The van der Waals surface area contributed by atoms with Gasteiger partial charge < -0.3 is 0 Å². The lowest BCUT2D eigenvalue weighted by Crippen LogP contribution is -2.47. The van der Waals surface area contributed by atoms with Gasteiger partial charge in [-0.1, -0.05) is 30.3 Å². The van der Waals surface area contributed by atoms with Crippen LogP contribution in [0.1, 0.15) is 12.0 Å². The summed E-state index contributed by atoms with van der Waals surface area (Å²) in [6, 6.07) is 9.05. The molecule has 6 heteroatoms. The molecule has 102 valence electrons. The Balaban J connectivity index is 1.87. The minimum absolute atomic E-state index is 0.105. The van der Waals surface area contributed by atoms with Gasteiger partial charge in [0.15, 0.2) is 0 Å². The van der Waals surface area contributed by atoms with Gasteiger partial charge in [0.2, 0.25) is 23.6 Å². The van der Waals surface area contributed by atoms with E-state index in [1.807, 2.05) is 18.2 Å². The summed E-state index contributed by atoms with van der Waals surface area (Å²) in [6.07, 6.45) is -0.105. The van der Waals surface area contributed by atoms with Gasteiger partial charge in [-0.25, -0.2) is 0 Å². The molecule has 0 unspecified atom stereocenters. The van der Waals surface area contributed by atoms with Crippen LogP contribution in [0.25, 0.3) is 0 Å². The molecule has 0 spiro atoms. The Labute approximate surface area is 114 Å². The first-order chi connectivity index (χ1) is 9.58. The zero-order valence-electron chi connectivity index (χ0n) is 10.5. The second kappa shape index (κ2) is 4.56. The van der Waals surface area contributed by atoms with E-state index in [0.29, 0.717) is 0 Å². The van der Waals surface area contributed by atoms with E-state index in [1.165, 1.54) is 0 Å². The van der Waals surface area contributed by atoms with Gasteiger partial charge in [0.05, 0.1) is 12.5 Å². The first-order valence-electron chi connectivity index (χ1n) is 6.31. The van der Waals surface area contributed by atoms with Crippen LogP contribution < -0.4 is 5.32 Å². The quantitative estimate of drug-likeness (QED) is 0.598. The van der Waals surface area contributed by atoms with Crippen LogP contribution in [0.4, 0.5) is 0 Å². The average molecular weight is 272 g/mol. The van der Waals surface area contributed by atoms with Crippen molar-refractivity contribution in [1.82, 2.24) is 10.2 Å². The number of imide groups is 2. The molecule has 0 saturated carbocycles. The van der Waals surface area contributed by atoms with Crippen LogP contribution in [-0.4, -0.2) is 28.5 Å². The monoisotopic (exact) mass is 272 g/mol. The van der Waals surface area contributed by atoms with Gasteiger partial charge in [0.25, 0.3) is 0 Å². The largest absolute Gasteiger partial charge is 0.296 e. The minimum Gasteiger partial charge on any atom is -0.296 e. The molecule has 2 saturated heterocycles. The van der Waals surface area contributed by atoms with Crippen LogP contribution in [0.5, 0.6) is 0 Å². The third kappa shape index (κ3) is 1.89. The lowest BCUT2D eigenvalue weighted by Gasteiger charge is -2.19. The molecule has 6 nitrogen and oxygen atoms in total. The van der Waals surface area contributed by atoms with Crippen molar-refractivity contribution < 1.29 is 19.2 Å². The Morgan fingerprint density at radius 3 is 2.45 bits per heavy atom. The van der Waals surface area contributed by atoms with Crippen LogP contribution in [0, 0.1) is 11.8 Å². The minimum atomic E-state index is -1.05. The molecule has 2 heterocycles. The predicted molar refractivity (Wildman–Crippen MR) is 66.7 cm³/mol. The highest BCUT2D eigenvalue weighted by molar-refractivity contribution is 6.20. The molecule has 1 N–H and O–H groups in total. The number of piperidine rings is 1. The van der Waals surface area contributed by atoms with Crippen molar-refractivity contribution in [2.45, 2.75) is 13.0 Å². The van der Waals surface area contributed by atoms with Gasteiger partial charge in [-0.2, -0.15) is 0 Å². The number of fused-ring (bicyclic) bond motifs is 1. The molecule has 3 rings (SSSR count). The number of nitrogens with zero attached hydrogens (tertiary/aromatic N) is 1. The first kappa shape index (κ1) is 12.5. The zero-order valence-corrected chi connectivity index (χ0v) is 10.5. The average Bonchev–Trinajstić information content (AvgIpc) is 2.65. The van der Waals surface area contributed by atoms with Crippen molar-refractivity contribution in [3.05, 3.63) is 35.9 Å². The van der Waals surface area contributed by atoms with Crippen LogP contribution in [-0.2, 0) is 25.7 Å². The molecule has 2 fully saturated rings. The number of amides is 4. The standard InChI is InChI=1S/C14H12N2O4/c17-10-6-9-11(12(18)15-10)14(20)16(13(9)19)7-8-4-2-1-3-5-8/h1-5,9,11H,6-7H2,(H,15,17,18)/t9-,11+/m0/s1. The summed E-state index contributed by atoms with van der Waals surface area (Å²) in [5, 5.41) is 2.11. The Kier molecular flexibility index (Phi) is 2.85. The molecule has 0 aliphatic carbocycles. The Morgan fingerprint density at radius 1 is 1.05 bits per heavy atom. The van der Waals surface area contributed by atoms with E-state index in [9.17, 15) is 19.2 Å². The number of hydrogen-bond donors (Lipinski definition) is 1. The number of carbonyl (C=O) groups is 4. The van der Waals surface area contributed by atoms with Crippen LogP contribution in [0.15, 0.2) is 30.3 Å². The maximum absolute atomic E-state index is 12.2. The van der Waals surface area contributed by atoms with Gasteiger partial charge in [0, 0.05) is 6.42 Å². The molecule has 0 radical (unpaired) electrons. The van der Waals surface area contributed by atoms with Crippen LogP contribution >= 0.6 is 0 Å². The van der Waals surface area contributed by atoms with E-state index >= 15 is 0 Å². The normalized spacial score (nSPS) is 25.7. The second-order valence-corrected chi connectivity index (χ2v) is 4.95. The molecule has 0 bridgehead atoms. The summed E-state index contributed by atoms with van der Waals surface area (Å²) in [4.78, 5) is 48.5. The van der Waals surface area contributed by atoms with Gasteiger partial charge in [-0.15, -0.1) is 0 Å². The smallest absolute Gasteiger partial charge is 0.242 e. The fourth-order valence-electron chi connectivity index (χ4n) is 2.68. The topological polar surface area (TPSA) is 83.6 Å². The van der Waals surface area contributed by atoms with E-state index in [2.05, 4.69) is 5.32 Å². The molecule has 2 aliphatic rings. The van der Waals surface area contributed by atoms with E-state index in [-0.39, 0.29) is 13.0 Å². The number of hydrogen-bond acceptors (Lipinski definition) is 4. The van der Waals surface area contributed by atoms with Gasteiger partial charge in [-0.05, 0) is 5.56 Å². The van der Waals surface area contributed by atoms with Crippen molar-refractivity contribution in [2.75, 3.05) is 0 Å². The second-order valence-electron chi connectivity index (χ2n) is 4.95. The molecule has 4 amide bonds. The SMILES string of the molecule is O=C1C[C@@H]2C(=O)N(Cc3ccccc3)C(=O)[C@H]2C(=O)N1. The fourth-order valence-corrected chi connectivity index (χ4v) is 2.68. The molecule has 20 heavy (non-hydrogen) atoms. The lowest BCUT2D eigenvalue weighted by atomic mass is 9.88. The molecule has 0 aromatic heterocycles. The van der Waals surface area contributed by atoms with E-state index in [4.69, 9.17) is 0 Å². The summed E-state index contributed by atoms with van der Waals surface area (Å²) >= 11 is 0. The lowest BCUT2D eigenvalue weighted by molar-refractivity contribution is -0.143. The van der Waals surface area contributed by atoms with Crippen molar-refractivity contribution in [3.8, 4) is 0 Å². The van der Waals surface area contributed by atoms with Gasteiger partial charge >= 0.3 is 0 Å². The number of benzene rings is 1. The maximum Gasteiger partial charge on any atom is 0.242 e. The molecule has 1 aromatic rings. The highest BCUT2D eigenvalue weighted by atomic mass is 16.2. The summed E-state index contributed by atoms with van der Waals surface area (Å²) < 4.78 is 0. The van der Waals surface area contributed by atoms with E-state index in [1.54, 1.807) is 12.1 Å². The Bertz CT molecular complexity index is 611. The maximum atomic E-state index is 12.2. The first-order valence-corrected chi connectivity index (χ1v) is 6.31. The highest BCUT2D eigenvalue weighted by Gasteiger charge is 2.54. The third-order valence-corrected chi connectivity index (χ3v) is 3.65. The number of carbonyl (C=O) groups excluding carboxylic acids is 4. The Morgan fingerprint density at radius 2 is 1.75 bits per heavy atom. The molecule has 2 aliphatic heterocycles. The summed E-state index contributed by atoms with van der Waals surface area (Å²) in [6.45, 7) is 0.132. The van der Waals surface area contributed by atoms with Crippen LogP contribution in [0.2, 0.25) is 0 Å². The Hall–Kier alpha value is -2.50. The zero-order chi connectivity index (χ0) is 14.3. The van der Waals surface area contributed by atoms with Crippen molar-refractivity contribution in [3.63, 3.8) is 0 Å².